The molecule has 0 aromatic heterocycles. The van der Waals surface area contributed by atoms with E-state index in [2.05, 4.69) is 4.85 Å². The van der Waals surface area contributed by atoms with Gasteiger partial charge in [-0.15, -0.1) is 0 Å². The number of ether oxygens (including phenoxy) is 3. The van der Waals surface area contributed by atoms with Crippen molar-refractivity contribution in [2.45, 2.75) is 43.3 Å². The van der Waals surface area contributed by atoms with Crippen LogP contribution in [0.15, 0.2) is 42.5 Å². The molecule has 9 heteroatoms. The Balaban J connectivity index is 1.60. The Kier molecular flexibility index (Phi) is 8.26. The predicted octanol–water partition coefficient (Wildman–Crippen LogP) is 4.10. The van der Waals surface area contributed by atoms with Gasteiger partial charge in [0.1, 0.15) is 12.6 Å². The van der Waals surface area contributed by atoms with Crippen LogP contribution in [0.4, 0.5) is 0 Å². The molecule has 2 aromatic rings. The number of benzene rings is 2. The van der Waals surface area contributed by atoms with Crippen LogP contribution in [-0.2, 0) is 11.4 Å². The summed E-state index contributed by atoms with van der Waals surface area (Å²) in [5, 5.41) is 0.147. The van der Waals surface area contributed by atoms with Crippen LogP contribution in [-0.4, -0.2) is 72.6 Å². The van der Waals surface area contributed by atoms with Crippen LogP contribution in [0, 0.1) is 6.57 Å². The Morgan fingerprint density at radius 1 is 1.11 bits per heavy atom. The van der Waals surface area contributed by atoms with Crippen LogP contribution in [0.25, 0.3) is 4.85 Å². The number of thioether (sulfide) groups is 1. The fraction of sp³-hybridized carbons (Fsp3) is 0.444. The molecule has 3 atom stereocenters. The van der Waals surface area contributed by atoms with E-state index in [1.165, 1.54) is 14.2 Å². The third-order valence-corrected chi connectivity index (χ3v) is 7.74. The summed E-state index contributed by atoms with van der Waals surface area (Å²) < 4.78 is 17.2. The second-order valence-electron chi connectivity index (χ2n) is 8.83. The number of methoxy groups -OCH3 is 2. The van der Waals surface area contributed by atoms with E-state index in [1.807, 2.05) is 36.6 Å². The number of carbonyl (C=O) groups excluding carboxylic acids is 2. The molecule has 0 N–H and O–H groups in total. The molecule has 2 amide bonds. The van der Waals surface area contributed by atoms with Gasteiger partial charge in [0.05, 0.1) is 14.2 Å². The lowest BCUT2D eigenvalue weighted by atomic mass is 10.1. The molecule has 2 aliphatic rings. The molecule has 2 fully saturated rings. The second-order valence-corrected chi connectivity index (χ2v) is 9.97. The van der Waals surface area contributed by atoms with Crippen LogP contribution in [0.5, 0.6) is 17.2 Å². The first kappa shape index (κ1) is 25.7. The second kappa shape index (κ2) is 11.6. The molecule has 0 spiro atoms. The average Bonchev–Trinajstić information content (AvgIpc) is 3.58. The van der Waals surface area contributed by atoms with Gasteiger partial charge in [-0.25, -0.2) is 6.57 Å². The van der Waals surface area contributed by atoms with E-state index in [9.17, 15) is 9.59 Å². The first-order valence-electron chi connectivity index (χ1n) is 11.9. The zero-order valence-electron chi connectivity index (χ0n) is 20.8. The summed E-state index contributed by atoms with van der Waals surface area (Å²) in [5.41, 5.74) is 1.35. The SMILES string of the molecule is [C-]#[N+][C@@H]1CCCN1C(=O)[C@@H]1C[C@H](SC)CN1C(=O)c1cc(OC)c(OCc2ccccc2)c(OC)c1. The van der Waals surface area contributed by atoms with Crippen molar-refractivity contribution in [2.24, 2.45) is 0 Å². The number of nitrogens with zero attached hydrogens (tertiary/aromatic N) is 3. The molecule has 0 unspecified atom stereocenters. The molecule has 2 heterocycles. The van der Waals surface area contributed by atoms with E-state index in [-0.39, 0.29) is 17.1 Å². The normalized spacial score (nSPS) is 21.2. The van der Waals surface area contributed by atoms with E-state index in [4.69, 9.17) is 20.8 Å². The van der Waals surface area contributed by atoms with Crippen LogP contribution in [0.1, 0.15) is 35.2 Å². The Labute approximate surface area is 216 Å². The van der Waals surface area contributed by atoms with Gasteiger partial charge in [-0.3, -0.25) is 19.3 Å². The van der Waals surface area contributed by atoms with Crippen molar-refractivity contribution in [1.82, 2.24) is 9.80 Å². The quantitative estimate of drug-likeness (QED) is 0.499. The maximum absolute atomic E-state index is 13.7. The molecule has 2 aromatic carbocycles. The van der Waals surface area contributed by atoms with Gasteiger partial charge in [0, 0.05) is 30.3 Å². The van der Waals surface area contributed by atoms with E-state index in [0.29, 0.717) is 55.4 Å². The number of carbonyl (C=O) groups is 2. The van der Waals surface area contributed by atoms with Gasteiger partial charge in [0.2, 0.25) is 5.75 Å². The maximum atomic E-state index is 13.7. The summed E-state index contributed by atoms with van der Waals surface area (Å²) in [6, 6.07) is 12.4. The zero-order valence-corrected chi connectivity index (χ0v) is 21.6. The van der Waals surface area contributed by atoms with Crippen molar-refractivity contribution >= 4 is 23.6 Å². The summed E-state index contributed by atoms with van der Waals surface area (Å²) in [4.78, 5) is 34.1. The van der Waals surface area contributed by atoms with Crippen LogP contribution in [0.2, 0.25) is 0 Å². The molecule has 2 saturated heterocycles. The van der Waals surface area contributed by atoms with Gasteiger partial charge in [-0.2, -0.15) is 11.8 Å². The Morgan fingerprint density at radius 3 is 2.42 bits per heavy atom. The summed E-state index contributed by atoms with van der Waals surface area (Å²) in [6.07, 6.45) is 3.61. The molecule has 0 bridgehead atoms. The van der Waals surface area contributed by atoms with Crippen molar-refractivity contribution in [2.75, 3.05) is 33.6 Å². The summed E-state index contributed by atoms with van der Waals surface area (Å²) in [5.74, 6) is 0.762. The molecule has 190 valence electrons. The van der Waals surface area contributed by atoms with Crippen molar-refractivity contribution in [3.05, 3.63) is 65.0 Å². The Bertz CT molecular complexity index is 1110. The number of hydrogen-bond donors (Lipinski definition) is 0. The third-order valence-electron chi connectivity index (χ3n) is 6.73. The van der Waals surface area contributed by atoms with Gasteiger partial charge < -0.3 is 19.1 Å². The smallest absolute Gasteiger partial charge is 0.300 e. The van der Waals surface area contributed by atoms with Gasteiger partial charge in [-0.05, 0) is 36.8 Å². The van der Waals surface area contributed by atoms with Crippen LogP contribution < -0.4 is 14.2 Å². The van der Waals surface area contributed by atoms with Gasteiger partial charge in [0.15, 0.2) is 11.5 Å². The molecule has 8 nitrogen and oxygen atoms in total. The van der Waals surface area contributed by atoms with E-state index < -0.39 is 12.2 Å². The molecule has 2 aliphatic heterocycles. The summed E-state index contributed by atoms with van der Waals surface area (Å²) in [6.45, 7) is 8.78. The molecule has 0 aliphatic carbocycles. The minimum absolute atomic E-state index is 0.139. The highest BCUT2D eigenvalue weighted by Gasteiger charge is 2.45. The molecular formula is C27H31N3O5S. The Hall–Kier alpha value is -3.38. The molecule has 0 radical (unpaired) electrons. The van der Waals surface area contributed by atoms with Crippen molar-refractivity contribution in [3.63, 3.8) is 0 Å². The van der Waals surface area contributed by atoms with E-state index in [0.717, 1.165) is 12.0 Å². The monoisotopic (exact) mass is 509 g/mol. The van der Waals surface area contributed by atoms with Crippen molar-refractivity contribution in [3.8, 4) is 17.2 Å². The predicted molar refractivity (Wildman–Crippen MR) is 138 cm³/mol. The van der Waals surface area contributed by atoms with Gasteiger partial charge in [0.25, 0.3) is 11.8 Å². The minimum Gasteiger partial charge on any atom is -0.493 e. The van der Waals surface area contributed by atoms with Gasteiger partial charge in [-0.1, -0.05) is 30.3 Å². The highest BCUT2D eigenvalue weighted by Crippen LogP contribution is 2.40. The largest absolute Gasteiger partial charge is 0.493 e. The fourth-order valence-corrected chi connectivity index (χ4v) is 5.48. The number of hydrogen-bond acceptors (Lipinski definition) is 6. The molecule has 0 saturated carbocycles. The van der Waals surface area contributed by atoms with Crippen LogP contribution in [0.3, 0.4) is 0 Å². The first-order valence-corrected chi connectivity index (χ1v) is 13.2. The van der Waals surface area contributed by atoms with Gasteiger partial charge >= 0.3 is 6.17 Å². The number of rotatable bonds is 8. The molecule has 4 rings (SSSR count). The summed E-state index contributed by atoms with van der Waals surface area (Å²) in [7, 11) is 3.03. The zero-order chi connectivity index (χ0) is 25.7. The topological polar surface area (TPSA) is 72.7 Å². The van der Waals surface area contributed by atoms with Crippen LogP contribution >= 0.6 is 11.8 Å². The highest BCUT2D eigenvalue weighted by molar-refractivity contribution is 7.99. The number of likely N-dealkylation sites (tertiary alicyclic amines) is 2. The van der Waals surface area contributed by atoms with E-state index in [1.54, 1.807) is 33.7 Å². The molecular weight excluding hydrogens is 478 g/mol. The highest BCUT2D eigenvalue weighted by atomic mass is 32.2. The third kappa shape index (κ3) is 5.24. The Morgan fingerprint density at radius 2 is 1.81 bits per heavy atom. The van der Waals surface area contributed by atoms with Crippen molar-refractivity contribution < 1.29 is 23.8 Å². The fourth-order valence-electron chi connectivity index (χ4n) is 4.80. The van der Waals surface area contributed by atoms with Crippen molar-refractivity contribution in [1.29, 1.82) is 0 Å². The maximum Gasteiger partial charge on any atom is 0.300 e. The molecule has 36 heavy (non-hydrogen) atoms. The first-order chi connectivity index (χ1) is 17.5. The average molecular weight is 510 g/mol. The van der Waals surface area contributed by atoms with E-state index >= 15 is 0 Å². The summed E-state index contributed by atoms with van der Waals surface area (Å²) >= 11 is 1.65. The lowest BCUT2D eigenvalue weighted by Crippen LogP contribution is -2.48. The number of amides is 2. The minimum atomic E-state index is -0.594. The lowest BCUT2D eigenvalue weighted by molar-refractivity contribution is -0.135. The lowest BCUT2D eigenvalue weighted by Gasteiger charge is -2.28. The standard InChI is InChI=1S/C27H31N3O5S/c1-28-24-11-8-12-29(24)27(32)21-15-20(36-4)16-30(21)26(31)19-13-22(33-2)25(23(14-19)34-3)35-17-18-9-6-5-7-10-18/h5-7,9-10,13-14,20-21,24H,8,11-12,15-17H2,2-4H3/t20-,21-,24-/m0/s1.